The molecule has 1 aromatic carbocycles. The van der Waals surface area contributed by atoms with Gasteiger partial charge in [0.2, 0.25) is 0 Å². The van der Waals surface area contributed by atoms with Crippen LogP contribution in [0.4, 0.5) is 0 Å². The molecule has 1 aliphatic carbocycles. The van der Waals surface area contributed by atoms with Crippen LogP contribution in [0, 0.1) is 5.92 Å². The molecule has 3 heteroatoms. The smallest absolute Gasteiger partial charge is 0.344 e. The van der Waals surface area contributed by atoms with Crippen LogP contribution in [-0.4, -0.2) is 12.6 Å². The van der Waals surface area contributed by atoms with Gasteiger partial charge in [-0.1, -0.05) is 62.4 Å². The van der Waals surface area contributed by atoms with Crippen LogP contribution in [0.25, 0.3) is 11.1 Å². The lowest BCUT2D eigenvalue weighted by Gasteiger charge is -2.21. The topological polar surface area (TPSA) is 30.2 Å². The Labute approximate surface area is 150 Å². The molecule has 1 saturated carbocycles. The van der Waals surface area contributed by atoms with Gasteiger partial charge in [0, 0.05) is 11.6 Å². The Bertz CT molecular complexity index is 690. The summed E-state index contributed by atoms with van der Waals surface area (Å²) in [5.74, 6) is 0.518. The van der Waals surface area contributed by atoms with E-state index in [4.69, 9.17) is 4.74 Å². The molecule has 1 fully saturated rings. The average molecular weight is 338 g/mol. The number of ether oxygens (including phenoxy) is 1. The molecule has 0 aliphatic heterocycles. The monoisotopic (exact) mass is 338 g/mol. The number of hydrogen-bond donors (Lipinski definition) is 0. The van der Waals surface area contributed by atoms with Gasteiger partial charge in [-0.3, -0.25) is 0 Å². The van der Waals surface area contributed by atoms with Crippen molar-refractivity contribution >= 4 is 5.97 Å². The Kier molecular flexibility index (Phi) is 6.21. The second kappa shape index (κ2) is 8.80. The highest BCUT2D eigenvalue weighted by Gasteiger charge is 2.20. The van der Waals surface area contributed by atoms with Crippen molar-refractivity contribution in [3.8, 4) is 11.1 Å². The Morgan fingerprint density at radius 2 is 1.88 bits per heavy atom. The zero-order chi connectivity index (χ0) is 17.5. The van der Waals surface area contributed by atoms with Gasteiger partial charge < -0.3 is 4.74 Å². The fourth-order valence-corrected chi connectivity index (χ4v) is 3.64. The maximum atomic E-state index is 12.7. The molecule has 0 unspecified atom stereocenters. The molecule has 3 rings (SSSR count). The summed E-state index contributed by atoms with van der Waals surface area (Å²) < 4.78 is 7.66. The van der Waals surface area contributed by atoms with Crippen molar-refractivity contribution in [3.63, 3.8) is 0 Å². The first-order valence-electron chi connectivity index (χ1n) is 9.53. The van der Waals surface area contributed by atoms with E-state index in [1.54, 1.807) is 0 Å². The van der Waals surface area contributed by atoms with E-state index >= 15 is 0 Å². The van der Waals surface area contributed by atoms with Gasteiger partial charge in [-0.25, -0.2) is 9.36 Å². The van der Waals surface area contributed by atoms with Crippen molar-refractivity contribution in [1.29, 1.82) is 0 Å². The summed E-state index contributed by atoms with van der Waals surface area (Å²) in [6.07, 6.45) is 11.5. The molecule has 0 N–H and O–H groups in total. The molecule has 1 aliphatic rings. The summed E-state index contributed by atoms with van der Waals surface area (Å²) in [7, 11) is 0. The lowest BCUT2D eigenvalue weighted by molar-refractivity contribution is -0.693. The predicted octanol–water partition coefficient (Wildman–Crippen LogP) is 4.79. The largest absolute Gasteiger partial charge is 0.462 e. The van der Waals surface area contributed by atoms with Crippen LogP contribution in [0.5, 0.6) is 0 Å². The van der Waals surface area contributed by atoms with Gasteiger partial charge in [-0.05, 0) is 24.8 Å². The molecule has 0 spiro atoms. The number of aryl methyl sites for hydroxylation is 1. The molecule has 25 heavy (non-hydrogen) atoms. The molecule has 0 saturated heterocycles. The minimum atomic E-state index is -0.211. The molecule has 0 radical (unpaired) electrons. The van der Waals surface area contributed by atoms with E-state index in [0.29, 0.717) is 12.2 Å². The molecule has 1 aromatic heterocycles. The number of carbonyl (C=O) groups is 1. The third-order valence-electron chi connectivity index (χ3n) is 5.17. The van der Waals surface area contributed by atoms with Crippen LogP contribution in [0.1, 0.15) is 55.8 Å². The van der Waals surface area contributed by atoms with Gasteiger partial charge >= 0.3 is 5.97 Å². The fourth-order valence-electron chi connectivity index (χ4n) is 3.64. The molecular formula is C22H28NO2+. The maximum Gasteiger partial charge on any atom is 0.344 e. The Balaban J connectivity index is 1.71. The number of nitrogens with zero attached hydrogens (tertiary/aromatic N) is 1. The summed E-state index contributed by atoms with van der Waals surface area (Å²) in [6.45, 7) is 3.43. The maximum absolute atomic E-state index is 12.7. The van der Waals surface area contributed by atoms with E-state index in [2.05, 4.69) is 6.92 Å². The third-order valence-corrected chi connectivity index (χ3v) is 5.17. The Morgan fingerprint density at radius 3 is 2.60 bits per heavy atom. The van der Waals surface area contributed by atoms with Crippen LogP contribution in [0.2, 0.25) is 0 Å². The van der Waals surface area contributed by atoms with Gasteiger partial charge in [0.15, 0.2) is 12.4 Å². The van der Waals surface area contributed by atoms with E-state index < -0.39 is 0 Å². The van der Waals surface area contributed by atoms with Gasteiger partial charge in [0.05, 0.1) is 6.61 Å². The van der Waals surface area contributed by atoms with Crippen LogP contribution in [0.3, 0.4) is 0 Å². The van der Waals surface area contributed by atoms with Crippen LogP contribution in [0.15, 0.2) is 48.8 Å². The van der Waals surface area contributed by atoms with Crippen LogP contribution < -0.4 is 4.57 Å². The number of pyridine rings is 1. The van der Waals surface area contributed by atoms with Crippen LogP contribution in [-0.2, 0) is 11.3 Å². The molecule has 3 nitrogen and oxygen atoms in total. The van der Waals surface area contributed by atoms with Crippen molar-refractivity contribution < 1.29 is 14.1 Å². The zero-order valence-electron chi connectivity index (χ0n) is 15.1. The second-order valence-corrected chi connectivity index (χ2v) is 6.90. The van der Waals surface area contributed by atoms with Crippen molar-refractivity contribution in [2.24, 2.45) is 5.92 Å². The number of aromatic nitrogens is 1. The van der Waals surface area contributed by atoms with Crippen molar-refractivity contribution in [3.05, 3.63) is 54.4 Å². The lowest BCUT2D eigenvalue weighted by Crippen LogP contribution is -2.33. The van der Waals surface area contributed by atoms with Crippen molar-refractivity contribution in [2.75, 3.05) is 6.61 Å². The number of rotatable bonds is 6. The highest BCUT2D eigenvalue weighted by Crippen LogP contribution is 2.27. The minimum absolute atomic E-state index is 0.211. The molecule has 132 valence electrons. The van der Waals surface area contributed by atoms with Crippen LogP contribution >= 0.6 is 0 Å². The summed E-state index contributed by atoms with van der Waals surface area (Å²) in [6, 6.07) is 12.1. The molecule has 2 aromatic rings. The van der Waals surface area contributed by atoms with E-state index in [-0.39, 0.29) is 5.97 Å². The fraction of sp³-hybridized carbons (Fsp3) is 0.455. The molecular weight excluding hydrogens is 310 g/mol. The normalized spacial score (nSPS) is 15.1. The van der Waals surface area contributed by atoms with Crippen molar-refractivity contribution in [1.82, 2.24) is 0 Å². The predicted molar refractivity (Wildman–Crippen MR) is 99.2 cm³/mol. The standard InChI is InChI=1S/C22H28NO2/c1-2-23-15-13-20(19-11-7-4-8-12-19)21(17-23)22(24)25-16-14-18-9-5-3-6-10-18/h4,7-8,11-13,15,17-18H,2-3,5-6,9-10,14,16H2,1H3/q+1. The highest BCUT2D eigenvalue weighted by atomic mass is 16.5. The first-order valence-corrected chi connectivity index (χ1v) is 9.53. The van der Waals surface area contributed by atoms with E-state index in [1.165, 1.54) is 32.1 Å². The molecule has 0 atom stereocenters. The lowest BCUT2D eigenvalue weighted by atomic mass is 9.87. The zero-order valence-corrected chi connectivity index (χ0v) is 15.1. The quantitative estimate of drug-likeness (QED) is 0.560. The number of hydrogen-bond acceptors (Lipinski definition) is 2. The van der Waals surface area contributed by atoms with E-state index in [0.717, 1.165) is 30.0 Å². The molecule has 0 amide bonds. The number of benzene rings is 1. The first kappa shape index (κ1) is 17.7. The van der Waals surface area contributed by atoms with Gasteiger partial charge in [0.1, 0.15) is 12.1 Å². The van der Waals surface area contributed by atoms with E-state index in [1.807, 2.05) is 53.4 Å². The van der Waals surface area contributed by atoms with Gasteiger partial charge in [-0.2, -0.15) is 0 Å². The summed E-state index contributed by atoms with van der Waals surface area (Å²) in [5, 5.41) is 0. The van der Waals surface area contributed by atoms with Gasteiger partial charge in [0.25, 0.3) is 0 Å². The first-order chi connectivity index (χ1) is 12.3. The number of carbonyl (C=O) groups excluding carboxylic acids is 1. The summed E-state index contributed by atoms with van der Waals surface area (Å²) in [4.78, 5) is 12.7. The molecule has 1 heterocycles. The summed E-state index contributed by atoms with van der Waals surface area (Å²) >= 11 is 0. The average Bonchev–Trinajstić information content (AvgIpc) is 2.69. The summed E-state index contributed by atoms with van der Waals surface area (Å²) in [5.41, 5.74) is 2.64. The third kappa shape index (κ3) is 4.68. The molecule has 0 bridgehead atoms. The minimum Gasteiger partial charge on any atom is -0.462 e. The SMILES string of the molecule is CC[n+]1ccc(-c2ccccc2)c(C(=O)OCCC2CCCCC2)c1. The Hall–Kier alpha value is -2.16. The second-order valence-electron chi connectivity index (χ2n) is 6.90. The highest BCUT2D eigenvalue weighted by molar-refractivity contribution is 5.96. The number of esters is 1. The van der Waals surface area contributed by atoms with Gasteiger partial charge in [-0.15, -0.1) is 0 Å². The van der Waals surface area contributed by atoms with E-state index in [9.17, 15) is 4.79 Å². The Morgan fingerprint density at radius 1 is 1.12 bits per heavy atom. The van der Waals surface area contributed by atoms with Crippen molar-refractivity contribution in [2.45, 2.75) is 52.0 Å².